The predicted molar refractivity (Wildman–Crippen MR) is 74.9 cm³/mol. The molecule has 0 radical (unpaired) electrons. The molecule has 4 nitrogen and oxygen atoms in total. The number of hydrogen-bond acceptors (Lipinski definition) is 4. The third-order valence-electron chi connectivity index (χ3n) is 3.60. The van der Waals surface area contributed by atoms with E-state index in [-0.39, 0.29) is 5.97 Å². The minimum Gasteiger partial charge on any atom is -0.469 e. The van der Waals surface area contributed by atoms with E-state index >= 15 is 0 Å². The molecule has 0 unspecified atom stereocenters. The van der Waals surface area contributed by atoms with Crippen molar-refractivity contribution in [2.45, 2.75) is 13.0 Å². The van der Waals surface area contributed by atoms with Crippen LogP contribution >= 0.6 is 0 Å². The van der Waals surface area contributed by atoms with Crippen LogP contribution in [0.5, 0.6) is 0 Å². The topological polar surface area (TPSA) is 32.8 Å². The van der Waals surface area contributed by atoms with E-state index in [1.54, 1.807) is 0 Å². The van der Waals surface area contributed by atoms with Crippen molar-refractivity contribution >= 4 is 5.97 Å². The zero-order valence-electron chi connectivity index (χ0n) is 11.8. The highest BCUT2D eigenvalue weighted by Crippen LogP contribution is 2.10. The van der Waals surface area contributed by atoms with E-state index in [0.29, 0.717) is 6.42 Å². The standard InChI is InChI=1S/C15H22N2O2/c1-16-7-9-17(10-8-16)12-14-5-3-13(4-6-14)11-15(18)19-2/h3-6H,7-12H2,1-2H3. The van der Waals surface area contributed by atoms with Gasteiger partial charge in [-0.1, -0.05) is 24.3 Å². The van der Waals surface area contributed by atoms with Gasteiger partial charge in [-0.25, -0.2) is 0 Å². The number of piperazine rings is 1. The van der Waals surface area contributed by atoms with Crippen LogP contribution in [-0.2, 0) is 22.5 Å². The van der Waals surface area contributed by atoms with Crippen LogP contribution in [0.25, 0.3) is 0 Å². The Bertz CT molecular complexity index is 409. The first-order valence-corrected chi connectivity index (χ1v) is 6.73. The minimum absolute atomic E-state index is 0.188. The molecule has 0 amide bonds. The van der Waals surface area contributed by atoms with Gasteiger partial charge in [-0.2, -0.15) is 0 Å². The lowest BCUT2D eigenvalue weighted by atomic mass is 10.1. The van der Waals surface area contributed by atoms with Crippen molar-refractivity contribution in [3.63, 3.8) is 0 Å². The summed E-state index contributed by atoms with van der Waals surface area (Å²) < 4.78 is 4.66. The van der Waals surface area contributed by atoms with Gasteiger partial charge in [0.25, 0.3) is 0 Å². The van der Waals surface area contributed by atoms with E-state index in [4.69, 9.17) is 0 Å². The molecule has 1 heterocycles. The molecule has 0 aliphatic carbocycles. The number of carbonyl (C=O) groups is 1. The molecule has 104 valence electrons. The number of carbonyl (C=O) groups excluding carboxylic acids is 1. The second kappa shape index (κ2) is 6.68. The average molecular weight is 262 g/mol. The highest BCUT2D eigenvalue weighted by Gasteiger charge is 2.13. The summed E-state index contributed by atoms with van der Waals surface area (Å²) in [4.78, 5) is 16.0. The van der Waals surface area contributed by atoms with Crippen molar-refractivity contribution in [1.29, 1.82) is 0 Å². The van der Waals surface area contributed by atoms with Crippen molar-refractivity contribution < 1.29 is 9.53 Å². The van der Waals surface area contributed by atoms with Crippen LogP contribution in [-0.4, -0.2) is 56.1 Å². The van der Waals surface area contributed by atoms with Crippen LogP contribution in [0.1, 0.15) is 11.1 Å². The maximum absolute atomic E-state index is 11.2. The zero-order chi connectivity index (χ0) is 13.7. The maximum atomic E-state index is 11.2. The molecule has 4 heteroatoms. The Hall–Kier alpha value is -1.39. The van der Waals surface area contributed by atoms with Gasteiger partial charge >= 0.3 is 5.97 Å². The zero-order valence-corrected chi connectivity index (χ0v) is 11.8. The highest BCUT2D eigenvalue weighted by atomic mass is 16.5. The number of rotatable bonds is 4. The molecule has 2 rings (SSSR count). The number of ether oxygens (including phenoxy) is 1. The Labute approximate surface area is 115 Å². The molecule has 0 N–H and O–H groups in total. The first-order valence-electron chi connectivity index (χ1n) is 6.73. The molecule has 0 atom stereocenters. The van der Waals surface area contributed by atoms with Gasteiger partial charge in [0.1, 0.15) is 0 Å². The Balaban J connectivity index is 1.86. The van der Waals surface area contributed by atoms with E-state index in [1.807, 2.05) is 12.1 Å². The minimum atomic E-state index is -0.188. The van der Waals surface area contributed by atoms with Gasteiger partial charge in [0, 0.05) is 32.7 Å². The summed E-state index contributed by atoms with van der Waals surface area (Å²) in [6.07, 6.45) is 0.352. The second-order valence-corrected chi connectivity index (χ2v) is 5.15. The summed E-state index contributed by atoms with van der Waals surface area (Å²) in [7, 11) is 3.59. The smallest absolute Gasteiger partial charge is 0.309 e. The summed E-state index contributed by atoms with van der Waals surface area (Å²) in [5.74, 6) is -0.188. The number of benzene rings is 1. The summed E-state index contributed by atoms with van der Waals surface area (Å²) in [5.41, 5.74) is 2.31. The summed E-state index contributed by atoms with van der Waals surface area (Å²) in [5, 5.41) is 0. The van der Waals surface area contributed by atoms with Gasteiger partial charge in [-0.05, 0) is 18.2 Å². The number of nitrogens with zero attached hydrogens (tertiary/aromatic N) is 2. The fourth-order valence-corrected chi connectivity index (χ4v) is 2.27. The molecule has 0 bridgehead atoms. The quantitative estimate of drug-likeness (QED) is 0.762. The first-order chi connectivity index (χ1) is 9.17. The molecular weight excluding hydrogens is 240 g/mol. The van der Waals surface area contributed by atoms with E-state index in [9.17, 15) is 4.79 Å². The van der Waals surface area contributed by atoms with Crippen LogP contribution in [0.2, 0.25) is 0 Å². The lowest BCUT2D eigenvalue weighted by Crippen LogP contribution is -2.43. The van der Waals surface area contributed by atoms with Gasteiger partial charge in [-0.3, -0.25) is 9.69 Å². The molecule has 0 aromatic heterocycles. The third kappa shape index (κ3) is 4.33. The summed E-state index contributed by atoms with van der Waals surface area (Å²) in [6.45, 7) is 5.52. The molecule has 0 spiro atoms. The van der Waals surface area contributed by atoms with Crippen LogP contribution in [0.15, 0.2) is 24.3 Å². The van der Waals surface area contributed by atoms with E-state index < -0.39 is 0 Å². The Morgan fingerprint density at radius 1 is 1.11 bits per heavy atom. The third-order valence-corrected chi connectivity index (χ3v) is 3.60. The largest absolute Gasteiger partial charge is 0.469 e. The average Bonchev–Trinajstić information content (AvgIpc) is 2.43. The number of esters is 1. The van der Waals surface area contributed by atoms with Crippen molar-refractivity contribution in [3.8, 4) is 0 Å². The van der Waals surface area contributed by atoms with Crippen LogP contribution in [0.3, 0.4) is 0 Å². The van der Waals surface area contributed by atoms with Crippen molar-refractivity contribution in [2.75, 3.05) is 40.3 Å². The lowest BCUT2D eigenvalue weighted by molar-refractivity contribution is -0.139. The monoisotopic (exact) mass is 262 g/mol. The van der Waals surface area contributed by atoms with Gasteiger partial charge in [0.2, 0.25) is 0 Å². The highest BCUT2D eigenvalue weighted by molar-refractivity contribution is 5.72. The van der Waals surface area contributed by atoms with Crippen molar-refractivity contribution in [2.24, 2.45) is 0 Å². The molecule has 19 heavy (non-hydrogen) atoms. The molecule has 1 aliphatic rings. The normalized spacial score (nSPS) is 17.4. The number of hydrogen-bond donors (Lipinski definition) is 0. The van der Waals surface area contributed by atoms with Crippen LogP contribution < -0.4 is 0 Å². The first kappa shape index (κ1) is 14.0. The summed E-state index contributed by atoms with van der Waals surface area (Å²) in [6, 6.07) is 8.25. The lowest BCUT2D eigenvalue weighted by Gasteiger charge is -2.32. The molecule has 0 saturated carbocycles. The van der Waals surface area contributed by atoms with E-state index in [0.717, 1.165) is 38.3 Å². The SMILES string of the molecule is COC(=O)Cc1ccc(CN2CCN(C)CC2)cc1. The number of methoxy groups -OCH3 is 1. The maximum Gasteiger partial charge on any atom is 0.309 e. The fraction of sp³-hybridized carbons (Fsp3) is 0.533. The van der Waals surface area contributed by atoms with Crippen molar-refractivity contribution in [1.82, 2.24) is 9.80 Å². The molecule has 1 aromatic carbocycles. The van der Waals surface area contributed by atoms with E-state index in [2.05, 4.69) is 33.7 Å². The predicted octanol–water partition coefficient (Wildman–Crippen LogP) is 1.15. The van der Waals surface area contributed by atoms with Gasteiger partial charge < -0.3 is 9.64 Å². The molecule has 1 saturated heterocycles. The molecule has 1 aliphatic heterocycles. The van der Waals surface area contributed by atoms with E-state index in [1.165, 1.54) is 12.7 Å². The Morgan fingerprint density at radius 3 is 2.26 bits per heavy atom. The molecule has 1 aromatic rings. The van der Waals surface area contributed by atoms with Crippen LogP contribution in [0.4, 0.5) is 0 Å². The molecule has 1 fully saturated rings. The van der Waals surface area contributed by atoms with Crippen LogP contribution in [0, 0.1) is 0 Å². The van der Waals surface area contributed by atoms with Gasteiger partial charge in [0.15, 0.2) is 0 Å². The Kier molecular flexibility index (Phi) is 4.93. The van der Waals surface area contributed by atoms with Gasteiger partial charge in [-0.15, -0.1) is 0 Å². The fourth-order valence-electron chi connectivity index (χ4n) is 2.27. The number of likely N-dealkylation sites (N-methyl/N-ethyl adjacent to an activating group) is 1. The Morgan fingerprint density at radius 2 is 1.68 bits per heavy atom. The van der Waals surface area contributed by atoms with Gasteiger partial charge in [0.05, 0.1) is 13.5 Å². The molecular formula is C15H22N2O2. The van der Waals surface area contributed by atoms with Crippen molar-refractivity contribution in [3.05, 3.63) is 35.4 Å². The summed E-state index contributed by atoms with van der Waals surface area (Å²) >= 11 is 0. The second-order valence-electron chi connectivity index (χ2n) is 5.15.